The number of halogens is 4. The molecule has 0 aliphatic carbocycles. The maximum Gasteiger partial charge on any atom is 0.573 e. The van der Waals surface area contributed by atoms with Gasteiger partial charge < -0.3 is 15.8 Å². The topological polar surface area (TPSA) is 59.6 Å². The maximum absolute atomic E-state index is 12.3. The molecule has 0 fully saturated rings. The highest BCUT2D eigenvalue weighted by Gasteiger charge is 2.31. The van der Waals surface area contributed by atoms with Crippen LogP contribution in [-0.4, -0.2) is 12.3 Å². The third-order valence-electron chi connectivity index (χ3n) is 2.94. The lowest BCUT2D eigenvalue weighted by molar-refractivity contribution is -0.274. The molecule has 0 aromatic heterocycles. The van der Waals surface area contributed by atoms with Gasteiger partial charge in [0.2, 0.25) is 0 Å². The molecule has 2 aromatic carbocycles. The van der Waals surface area contributed by atoms with Crippen molar-refractivity contribution in [3.05, 3.63) is 59.7 Å². The summed E-state index contributed by atoms with van der Waals surface area (Å²) in [7, 11) is 0. The molecule has 0 unspecified atom stereocenters. The monoisotopic (exact) mass is 451 g/mol. The van der Waals surface area contributed by atoms with Gasteiger partial charge in [0, 0.05) is 11.3 Å². The van der Waals surface area contributed by atoms with Gasteiger partial charge in [-0.1, -0.05) is 35.9 Å². The molecule has 0 bridgehead atoms. The number of rotatable bonds is 4. The van der Waals surface area contributed by atoms with E-state index in [1.165, 1.54) is 18.2 Å². The van der Waals surface area contributed by atoms with E-state index in [1.807, 2.05) is 31.2 Å². The summed E-state index contributed by atoms with van der Waals surface area (Å²) in [6.45, 7) is 1.93. The molecular weight excluding hydrogens is 434 g/mol. The molecule has 2 rings (SSSR count). The largest absolute Gasteiger partial charge is 0.573 e. The molecule has 4 nitrogen and oxygen atoms in total. The molecule has 0 spiro atoms. The van der Waals surface area contributed by atoms with Crippen LogP contribution in [0.15, 0.2) is 53.5 Å². The lowest BCUT2D eigenvalue weighted by atomic mass is 10.2. The van der Waals surface area contributed by atoms with E-state index in [2.05, 4.69) is 15.0 Å². The summed E-state index contributed by atoms with van der Waals surface area (Å²) in [6, 6.07) is 13.3. The molecule has 0 amide bonds. The van der Waals surface area contributed by atoms with E-state index in [4.69, 9.17) is 5.73 Å². The van der Waals surface area contributed by atoms with E-state index >= 15 is 0 Å². The summed E-state index contributed by atoms with van der Waals surface area (Å²) >= 11 is 0. The van der Waals surface area contributed by atoms with Crippen molar-refractivity contribution < 1.29 is 17.9 Å². The summed E-state index contributed by atoms with van der Waals surface area (Å²) in [5, 5.41) is 2.87. The Kier molecular flexibility index (Phi) is 7.33. The Bertz CT molecular complexity index is 688. The number of anilines is 1. The highest BCUT2D eigenvalue weighted by Crippen LogP contribution is 2.26. The van der Waals surface area contributed by atoms with Crippen molar-refractivity contribution in [1.82, 2.24) is 0 Å². The van der Waals surface area contributed by atoms with Crippen LogP contribution < -0.4 is 15.8 Å². The number of aliphatic imine (C=N–C) groups is 1. The predicted molar refractivity (Wildman–Crippen MR) is 98.7 cm³/mol. The van der Waals surface area contributed by atoms with Crippen molar-refractivity contribution in [3.8, 4) is 5.75 Å². The summed E-state index contributed by atoms with van der Waals surface area (Å²) in [4.78, 5) is 4.04. The van der Waals surface area contributed by atoms with Crippen molar-refractivity contribution >= 4 is 35.6 Å². The van der Waals surface area contributed by atoms with Gasteiger partial charge in [-0.3, -0.25) is 0 Å². The first-order valence-electron chi connectivity index (χ1n) is 6.81. The lowest BCUT2D eigenvalue weighted by Gasteiger charge is -2.12. The number of alkyl halides is 3. The van der Waals surface area contributed by atoms with Crippen molar-refractivity contribution in [2.24, 2.45) is 10.7 Å². The third-order valence-corrected chi connectivity index (χ3v) is 2.94. The van der Waals surface area contributed by atoms with Gasteiger partial charge in [-0.15, -0.1) is 37.1 Å². The van der Waals surface area contributed by atoms with Gasteiger partial charge in [0.25, 0.3) is 0 Å². The molecule has 0 aliphatic heterocycles. The van der Waals surface area contributed by atoms with Gasteiger partial charge in [0.1, 0.15) is 5.75 Å². The first kappa shape index (κ1) is 20.1. The molecule has 0 saturated carbocycles. The van der Waals surface area contributed by atoms with Crippen LogP contribution in [0, 0.1) is 6.92 Å². The van der Waals surface area contributed by atoms with E-state index in [-0.39, 0.29) is 42.2 Å². The Morgan fingerprint density at radius 2 is 1.75 bits per heavy atom. The van der Waals surface area contributed by atoms with E-state index in [1.54, 1.807) is 6.07 Å². The normalized spacial score (nSPS) is 11.6. The number of ether oxygens (including phenoxy) is 1. The van der Waals surface area contributed by atoms with Crippen LogP contribution in [0.5, 0.6) is 5.75 Å². The second-order valence-corrected chi connectivity index (χ2v) is 4.85. The maximum atomic E-state index is 12.3. The van der Waals surface area contributed by atoms with Crippen molar-refractivity contribution in [2.75, 3.05) is 5.32 Å². The zero-order valence-electron chi connectivity index (χ0n) is 12.8. The van der Waals surface area contributed by atoms with Crippen LogP contribution in [0.1, 0.15) is 11.1 Å². The minimum atomic E-state index is -4.74. The Labute approximate surface area is 154 Å². The lowest BCUT2D eigenvalue weighted by Crippen LogP contribution is -2.22. The quantitative estimate of drug-likeness (QED) is 0.411. The molecule has 0 heterocycles. The third kappa shape index (κ3) is 6.65. The van der Waals surface area contributed by atoms with E-state index < -0.39 is 6.36 Å². The minimum Gasteiger partial charge on any atom is -0.405 e. The Balaban J connectivity index is 0.00000288. The number of para-hydroxylation sites is 1. The van der Waals surface area contributed by atoms with Crippen molar-refractivity contribution in [3.63, 3.8) is 0 Å². The number of hydrogen-bond acceptors (Lipinski definition) is 2. The molecule has 0 saturated heterocycles. The summed E-state index contributed by atoms with van der Waals surface area (Å²) in [6.07, 6.45) is -4.74. The van der Waals surface area contributed by atoms with Gasteiger partial charge in [0.05, 0.1) is 6.54 Å². The fourth-order valence-electron chi connectivity index (χ4n) is 1.85. The van der Waals surface area contributed by atoms with Crippen LogP contribution in [0.25, 0.3) is 0 Å². The Hall–Kier alpha value is -1.97. The Morgan fingerprint density at radius 3 is 2.38 bits per heavy atom. The first-order chi connectivity index (χ1) is 10.8. The van der Waals surface area contributed by atoms with Crippen molar-refractivity contribution in [2.45, 2.75) is 19.8 Å². The second kappa shape index (κ2) is 8.76. The smallest absolute Gasteiger partial charge is 0.405 e. The number of aryl methyl sites for hydroxylation is 1. The minimum absolute atomic E-state index is 0. The molecule has 0 radical (unpaired) electrons. The van der Waals surface area contributed by atoms with Gasteiger partial charge in [0.15, 0.2) is 5.96 Å². The molecule has 0 atom stereocenters. The zero-order valence-corrected chi connectivity index (χ0v) is 15.1. The molecule has 24 heavy (non-hydrogen) atoms. The number of guanidine groups is 1. The molecule has 2 aromatic rings. The second-order valence-electron chi connectivity index (χ2n) is 4.85. The molecular formula is C16H17F3IN3O. The summed E-state index contributed by atoms with van der Waals surface area (Å²) < 4.78 is 41.0. The predicted octanol–water partition coefficient (Wildman–Crippen LogP) is 4.44. The SMILES string of the molecule is Cc1ccc(NC(N)=NCc2ccccc2OC(F)(F)F)cc1.I. The summed E-state index contributed by atoms with van der Waals surface area (Å²) in [5.74, 6) is -0.178. The van der Waals surface area contributed by atoms with Gasteiger partial charge in [-0.2, -0.15) is 0 Å². The van der Waals surface area contributed by atoms with E-state index in [0.29, 0.717) is 5.56 Å². The average Bonchev–Trinajstić information content (AvgIpc) is 2.47. The van der Waals surface area contributed by atoms with Crippen LogP contribution in [0.4, 0.5) is 18.9 Å². The first-order valence-corrected chi connectivity index (χ1v) is 6.81. The Morgan fingerprint density at radius 1 is 1.12 bits per heavy atom. The van der Waals surface area contributed by atoms with Crippen LogP contribution in [0.2, 0.25) is 0 Å². The zero-order chi connectivity index (χ0) is 16.9. The van der Waals surface area contributed by atoms with Crippen LogP contribution >= 0.6 is 24.0 Å². The number of benzene rings is 2. The molecule has 130 valence electrons. The van der Waals surface area contributed by atoms with E-state index in [0.717, 1.165) is 11.3 Å². The number of nitrogens with zero attached hydrogens (tertiary/aromatic N) is 1. The average molecular weight is 451 g/mol. The molecule has 0 aliphatic rings. The number of hydrogen-bond donors (Lipinski definition) is 2. The van der Waals surface area contributed by atoms with Crippen LogP contribution in [-0.2, 0) is 6.54 Å². The van der Waals surface area contributed by atoms with Crippen molar-refractivity contribution in [1.29, 1.82) is 0 Å². The van der Waals surface area contributed by atoms with Crippen LogP contribution in [0.3, 0.4) is 0 Å². The number of nitrogens with two attached hydrogens (primary N) is 1. The molecule has 8 heteroatoms. The summed E-state index contributed by atoms with van der Waals surface area (Å²) in [5.41, 5.74) is 7.88. The van der Waals surface area contributed by atoms with Gasteiger partial charge in [-0.25, -0.2) is 4.99 Å². The van der Waals surface area contributed by atoms with E-state index in [9.17, 15) is 13.2 Å². The fourth-order valence-corrected chi connectivity index (χ4v) is 1.85. The molecule has 3 N–H and O–H groups in total. The van der Waals surface area contributed by atoms with Gasteiger partial charge >= 0.3 is 6.36 Å². The highest BCUT2D eigenvalue weighted by atomic mass is 127. The fraction of sp³-hybridized carbons (Fsp3) is 0.188. The standard InChI is InChI=1S/C16H16F3N3O.HI/c1-11-6-8-13(9-7-11)22-15(20)21-10-12-4-2-3-5-14(12)23-16(17,18)19;/h2-9H,10H2,1H3,(H3,20,21,22);1H. The van der Waals surface area contributed by atoms with Gasteiger partial charge in [-0.05, 0) is 25.1 Å². The number of nitrogens with one attached hydrogen (secondary N) is 1. The highest BCUT2D eigenvalue weighted by molar-refractivity contribution is 14.0.